The predicted octanol–water partition coefficient (Wildman–Crippen LogP) is 1.34. The van der Waals surface area contributed by atoms with Gasteiger partial charge in [-0.3, -0.25) is 0 Å². The Morgan fingerprint density at radius 3 is 2.73 bits per heavy atom. The minimum Gasteiger partial charge on any atom is -0.395 e. The van der Waals surface area contributed by atoms with Crippen molar-refractivity contribution in [3.05, 3.63) is 0 Å². The molecule has 2 N–H and O–H groups in total. The summed E-state index contributed by atoms with van der Waals surface area (Å²) in [6, 6.07) is 0.348. The predicted molar refractivity (Wildman–Crippen MR) is 59.7 cm³/mol. The highest BCUT2D eigenvalue weighted by molar-refractivity contribution is 5.74. The molecule has 4 nitrogen and oxygen atoms in total. The molecule has 88 valence electrons. The summed E-state index contributed by atoms with van der Waals surface area (Å²) in [5.74, 6) is 0. The van der Waals surface area contributed by atoms with Gasteiger partial charge >= 0.3 is 6.03 Å². The van der Waals surface area contributed by atoms with Gasteiger partial charge in [0.25, 0.3) is 0 Å². The number of carbonyl (C=O) groups excluding carboxylic acids is 1. The van der Waals surface area contributed by atoms with Gasteiger partial charge in [-0.2, -0.15) is 0 Å². The zero-order valence-electron chi connectivity index (χ0n) is 9.54. The van der Waals surface area contributed by atoms with Crippen molar-refractivity contribution in [2.45, 2.75) is 45.1 Å². The van der Waals surface area contributed by atoms with Crippen LogP contribution in [0.15, 0.2) is 0 Å². The molecule has 0 bridgehead atoms. The molecule has 0 unspecified atom stereocenters. The Balaban J connectivity index is 2.29. The molecule has 1 rings (SSSR count). The SMILES string of the molecule is CCCCNC(=O)N(CCO)C1CCC1. The zero-order chi connectivity index (χ0) is 11.1. The van der Waals surface area contributed by atoms with Crippen LogP contribution in [0.3, 0.4) is 0 Å². The molecule has 0 heterocycles. The second-order valence-electron chi connectivity index (χ2n) is 4.09. The number of aliphatic hydroxyl groups is 1. The Labute approximate surface area is 91.6 Å². The smallest absolute Gasteiger partial charge is 0.317 e. The van der Waals surface area contributed by atoms with Gasteiger partial charge in [0.05, 0.1) is 6.61 Å². The second-order valence-corrected chi connectivity index (χ2v) is 4.09. The van der Waals surface area contributed by atoms with E-state index in [4.69, 9.17) is 5.11 Å². The first-order valence-electron chi connectivity index (χ1n) is 5.95. The summed E-state index contributed by atoms with van der Waals surface area (Å²) >= 11 is 0. The highest BCUT2D eigenvalue weighted by Gasteiger charge is 2.27. The molecular weight excluding hydrogens is 192 g/mol. The second kappa shape index (κ2) is 6.67. The monoisotopic (exact) mass is 214 g/mol. The quantitative estimate of drug-likeness (QED) is 0.656. The van der Waals surface area contributed by atoms with Gasteiger partial charge in [0, 0.05) is 19.1 Å². The van der Waals surface area contributed by atoms with Crippen LogP contribution < -0.4 is 5.32 Å². The Kier molecular flexibility index (Phi) is 5.47. The van der Waals surface area contributed by atoms with Crippen LogP contribution in [0.25, 0.3) is 0 Å². The van der Waals surface area contributed by atoms with Crippen LogP contribution in [0.1, 0.15) is 39.0 Å². The van der Waals surface area contributed by atoms with Gasteiger partial charge in [0.1, 0.15) is 0 Å². The first kappa shape index (κ1) is 12.3. The number of hydrogen-bond donors (Lipinski definition) is 2. The average Bonchev–Trinajstić information content (AvgIpc) is 2.14. The van der Waals surface area contributed by atoms with Gasteiger partial charge in [-0.25, -0.2) is 4.79 Å². The molecule has 0 atom stereocenters. The van der Waals surface area contributed by atoms with Crippen LogP contribution in [-0.2, 0) is 0 Å². The fourth-order valence-electron chi connectivity index (χ4n) is 1.73. The van der Waals surface area contributed by atoms with Gasteiger partial charge in [-0.05, 0) is 25.7 Å². The zero-order valence-corrected chi connectivity index (χ0v) is 9.54. The third kappa shape index (κ3) is 3.70. The van der Waals surface area contributed by atoms with E-state index in [1.54, 1.807) is 4.90 Å². The van der Waals surface area contributed by atoms with Gasteiger partial charge in [0.15, 0.2) is 0 Å². The molecule has 0 spiro atoms. The highest BCUT2D eigenvalue weighted by Crippen LogP contribution is 2.24. The summed E-state index contributed by atoms with van der Waals surface area (Å²) in [5.41, 5.74) is 0. The van der Waals surface area contributed by atoms with Crippen molar-refractivity contribution in [1.82, 2.24) is 10.2 Å². The minimum atomic E-state index is -0.0119. The van der Waals surface area contributed by atoms with E-state index >= 15 is 0 Å². The number of carbonyl (C=O) groups is 1. The summed E-state index contributed by atoms with van der Waals surface area (Å²) < 4.78 is 0. The third-order valence-electron chi connectivity index (χ3n) is 2.92. The van der Waals surface area contributed by atoms with Crippen LogP contribution in [0, 0.1) is 0 Å². The lowest BCUT2D eigenvalue weighted by Gasteiger charge is -2.37. The Morgan fingerprint density at radius 2 is 2.27 bits per heavy atom. The first-order chi connectivity index (χ1) is 7.29. The van der Waals surface area contributed by atoms with Crippen molar-refractivity contribution in [2.24, 2.45) is 0 Å². The van der Waals surface area contributed by atoms with Crippen molar-refractivity contribution in [1.29, 1.82) is 0 Å². The molecule has 15 heavy (non-hydrogen) atoms. The van der Waals surface area contributed by atoms with Gasteiger partial charge in [0.2, 0.25) is 0 Å². The maximum atomic E-state index is 11.7. The van der Waals surface area contributed by atoms with Crippen molar-refractivity contribution in [3.8, 4) is 0 Å². The van der Waals surface area contributed by atoms with Crippen molar-refractivity contribution in [2.75, 3.05) is 19.7 Å². The summed E-state index contributed by atoms with van der Waals surface area (Å²) in [4.78, 5) is 13.5. The van der Waals surface area contributed by atoms with E-state index in [2.05, 4.69) is 12.2 Å². The molecule has 1 saturated carbocycles. The molecule has 0 saturated heterocycles. The molecule has 1 fully saturated rings. The maximum Gasteiger partial charge on any atom is 0.317 e. The molecule has 0 radical (unpaired) electrons. The van der Waals surface area contributed by atoms with Crippen molar-refractivity contribution < 1.29 is 9.90 Å². The van der Waals surface area contributed by atoms with Crippen LogP contribution in [0.2, 0.25) is 0 Å². The number of nitrogens with one attached hydrogen (secondary N) is 1. The normalized spacial score (nSPS) is 15.9. The minimum absolute atomic E-state index is 0.0119. The molecule has 0 aromatic carbocycles. The lowest BCUT2D eigenvalue weighted by Crippen LogP contribution is -2.50. The number of rotatable bonds is 6. The number of nitrogens with zero attached hydrogens (tertiary/aromatic N) is 1. The van der Waals surface area contributed by atoms with Crippen LogP contribution in [0.5, 0.6) is 0 Å². The number of unbranched alkanes of at least 4 members (excludes halogenated alkanes) is 1. The molecule has 0 aromatic rings. The lowest BCUT2D eigenvalue weighted by atomic mass is 9.92. The topological polar surface area (TPSA) is 52.6 Å². The third-order valence-corrected chi connectivity index (χ3v) is 2.92. The highest BCUT2D eigenvalue weighted by atomic mass is 16.3. The average molecular weight is 214 g/mol. The van der Waals surface area contributed by atoms with E-state index in [-0.39, 0.29) is 12.6 Å². The molecular formula is C11H22N2O2. The van der Waals surface area contributed by atoms with Gasteiger partial charge in [-0.1, -0.05) is 13.3 Å². The van der Waals surface area contributed by atoms with E-state index in [1.807, 2.05) is 0 Å². The fourth-order valence-corrected chi connectivity index (χ4v) is 1.73. The summed E-state index contributed by atoms with van der Waals surface area (Å²) in [6.07, 6.45) is 5.48. The van der Waals surface area contributed by atoms with Gasteiger partial charge in [-0.15, -0.1) is 0 Å². The molecule has 1 aliphatic carbocycles. The lowest BCUT2D eigenvalue weighted by molar-refractivity contribution is 0.118. The summed E-state index contributed by atoms with van der Waals surface area (Å²) in [6.45, 7) is 3.36. The van der Waals surface area contributed by atoms with Gasteiger partial charge < -0.3 is 15.3 Å². The Morgan fingerprint density at radius 1 is 1.53 bits per heavy atom. The number of amides is 2. The summed E-state index contributed by atoms with van der Waals surface area (Å²) in [7, 11) is 0. The van der Waals surface area contributed by atoms with Crippen molar-refractivity contribution in [3.63, 3.8) is 0 Å². The molecule has 2 amide bonds. The van der Waals surface area contributed by atoms with E-state index in [0.29, 0.717) is 12.6 Å². The number of aliphatic hydroxyl groups excluding tert-OH is 1. The first-order valence-corrected chi connectivity index (χ1v) is 5.95. The van der Waals surface area contributed by atoms with Crippen molar-refractivity contribution >= 4 is 6.03 Å². The largest absolute Gasteiger partial charge is 0.395 e. The molecule has 1 aliphatic rings. The van der Waals surface area contributed by atoms with Crippen LogP contribution >= 0.6 is 0 Å². The Bertz CT molecular complexity index is 193. The standard InChI is InChI=1S/C11H22N2O2/c1-2-3-7-12-11(15)13(8-9-14)10-5-4-6-10/h10,14H,2-9H2,1H3,(H,12,15). The van der Waals surface area contributed by atoms with E-state index in [0.717, 1.165) is 32.2 Å². The molecule has 0 aromatic heterocycles. The molecule has 0 aliphatic heterocycles. The maximum absolute atomic E-state index is 11.7. The van der Waals surface area contributed by atoms with E-state index in [1.165, 1.54) is 6.42 Å². The Hall–Kier alpha value is -0.770. The molecule has 4 heteroatoms. The van der Waals surface area contributed by atoms with Crippen LogP contribution in [-0.4, -0.2) is 41.8 Å². The number of urea groups is 1. The number of hydrogen-bond acceptors (Lipinski definition) is 2. The van der Waals surface area contributed by atoms with E-state index < -0.39 is 0 Å². The fraction of sp³-hybridized carbons (Fsp3) is 0.909. The summed E-state index contributed by atoms with van der Waals surface area (Å²) in [5, 5.41) is 11.8. The van der Waals surface area contributed by atoms with E-state index in [9.17, 15) is 4.79 Å². The van der Waals surface area contributed by atoms with Crippen LogP contribution in [0.4, 0.5) is 4.79 Å².